The zero-order valence-corrected chi connectivity index (χ0v) is 14.0. The van der Waals surface area contributed by atoms with E-state index in [0.717, 1.165) is 0 Å². The highest BCUT2D eigenvalue weighted by Gasteiger charge is 2.29. The van der Waals surface area contributed by atoms with Crippen LogP contribution in [0.1, 0.15) is 24.3 Å². The molecular weight excluding hydrogens is 340 g/mol. The molecule has 0 aliphatic carbocycles. The van der Waals surface area contributed by atoms with Gasteiger partial charge in [0.1, 0.15) is 11.8 Å². The Balaban J connectivity index is 2.00. The molecule has 0 spiro atoms. The van der Waals surface area contributed by atoms with Crippen LogP contribution in [0.4, 0.5) is 0 Å². The van der Waals surface area contributed by atoms with Crippen molar-refractivity contribution in [2.45, 2.75) is 25.6 Å². The average molecular weight is 358 g/mol. The van der Waals surface area contributed by atoms with E-state index in [1.807, 2.05) is 0 Å². The van der Waals surface area contributed by atoms with Gasteiger partial charge in [-0.15, -0.1) is 0 Å². The third kappa shape index (κ3) is 5.38. The quantitative estimate of drug-likeness (QED) is 0.264. The summed E-state index contributed by atoms with van der Waals surface area (Å²) in [7, 11) is 0. The summed E-state index contributed by atoms with van der Waals surface area (Å²) in [6.07, 6.45) is -1.49. The summed E-state index contributed by atoms with van der Waals surface area (Å²) in [5.74, 6) is -0.945. The number of ether oxygens (including phenoxy) is 2. The number of benzene rings is 2. The van der Waals surface area contributed by atoms with Crippen LogP contribution in [0, 0.1) is 10.1 Å². The zero-order chi connectivity index (χ0) is 19.1. The Morgan fingerprint density at radius 1 is 1.12 bits per heavy atom. The molecule has 0 fully saturated rings. The van der Waals surface area contributed by atoms with Crippen molar-refractivity contribution < 1.29 is 24.0 Å². The second-order valence-corrected chi connectivity index (χ2v) is 5.53. The van der Waals surface area contributed by atoms with Gasteiger partial charge in [-0.05, 0) is 36.2 Å². The Kier molecular flexibility index (Phi) is 6.40. The fourth-order valence-electron chi connectivity index (χ4n) is 2.24. The van der Waals surface area contributed by atoms with Gasteiger partial charge in [-0.1, -0.05) is 30.3 Å². The third-order valence-corrected chi connectivity index (χ3v) is 3.45. The van der Waals surface area contributed by atoms with Gasteiger partial charge in [0.2, 0.25) is 0 Å². The molecule has 0 radical (unpaired) electrons. The predicted molar refractivity (Wildman–Crippen MR) is 91.7 cm³/mol. The lowest BCUT2D eigenvalue weighted by molar-refractivity contribution is -0.576. The molecule has 2 rings (SSSR count). The first-order valence-electron chi connectivity index (χ1n) is 7.78. The fourth-order valence-corrected chi connectivity index (χ4v) is 2.24. The molecular formula is C18H18N2O6. The number of esters is 2. The molecule has 0 bridgehead atoms. The van der Waals surface area contributed by atoms with Crippen LogP contribution in [0.2, 0.25) is 0 Å². The topological polar surface area (TPSA) is 122 Å². The molecule has 0 saturated heterocycles. The van der Waals surface area contributed by atoms with Crippen LogP contribution in [0.5, 0.6) is 5.75 Å². The van der Waals surface area contributed by atoms with Crippen molar-refractivity contribution in [1.29, 1.82) is 0 Å². The standard InChI is InChI=1S/C18H18N2O6/c1-12(21)25-15-9-7-13(8-10-15)11-16(19)18(22)26-17(20(23)24)14-5-3-2-4-6-14/h2-10,16-17H,11,19H2,1H3/t16-,17?/m0/s1. The maximum absolute atomic E-state index is 12.1. The molecule has 0 saturated carbocycles. The predicted octanol–water partition coefficient (Wildman–Crippen LogP) is 2.00. The van der Waals surface area contributed by atoms with E-state index in [4.69, 9.17) is 15.2 Å². The molecule has 0 aliphatic heterocycles. The fraction of sp³-hybridized carbons (Fsp3) is 0.222. The van der Waals surface area contributed by atoms with Crippen molar-refractivity contribution >= 4 is 11.9 Å². The third-order valence-electron chi connectivity index (χ3n) is 3.45. The summed E-state index contributed by atoms with van der Waals surface area (Å²) in [6, 6.07) is 13.3. The highest BCUT2D eigenvalue weighted by atomic mass is 16.7. The largest absolute Gasteiger partial charge is 0.427 e. The Hall–Kier alpha value is -3.26. The van der Waals surface area contributed by atoms with Crippen LogP contribution in [0.25, 0.3) is 0 Å². The summed E-state index contributed by atoms with van der Waals surface area (Å²) in [5.41, 5.74) is 6.76. The van der Waals surface area contributed by atoms with Gasteiger partial charge >= 0.3 is 18.2 Å². The minimum absolute atomic E-state index is 0.123. The number of rotatable bonds is 7. The number of nitrogens with two attached hydrogens (primary N) is 1. The van der Waals surface area contributed by atoms with Gasteiger partial charge in [-0.3, -0.25) is 19.7 Å². The van der Waals surface area contributed by atoms with Crippen molar-refractivity contribution in [3.05, 3.63) is 75.8 Å². The van der Waals surface area contributed by atoms with Crippen molar-refractivity contribution in [2.75, 3.05) is 0 Å². The Labute approximate surface area is 149 Å². The first-order valence-corrected chi connectivity index (χ1v) is 7.78. The second kappa shape index (κ2) is 8.72. The summed E-state index contributed by atoms with van der Waals surface area (Å²) in [6.45, 7) is 1.29. The number of nitro groups is 1. The van der Waals surface area contributed by atoms with E-state index >= 15 is 0 Å². The highest BCUT2D eigenvalue weighted by molar-refractivity contribution is 5.76. The molecule has 2 N–H and O–H groups in total. The molecule has 26 heavy (non-hydrogen) atoms. The number of nitrogens with zero attached hydrogens (tertiary/aromatic N) is 1. The maximum Gasteiger partial charge on any atom is 0.382 e. The molecule has 136 valence electrons. The van der Waals surface area contributed by atoms with Gasteiger partial charge in [0.15, 0.2) is 0 Å². The van der Waals surface area contributed by atoms with Gasteiger partial charge in [0, 0.05) is 6.92 Å². The summed E-state index contributed by atoms with van der Waals surface area (Å²) < 4.78 is 9.89. The van der Waals surface area contributed by atoms with Crippen LogP contribution in [-0.4, -0.2) is 22.9 Å². The van der Waals surface area contributed by atoms with Gasteiger partial charge < -0.3 is 15.2 Å². The molecule has 0 heterocycles. The number of hydrogen-bond acceptors (Lipinski definition) is 7. The number of hydrogen-bond donors (Lipinski definition) is 1. The molecule has 0 aliphatic rings. The van der Waals surface area contributed by atoms with Gasteiger partial charge in [-0.25, -0.2) is 0 Å². The lowest BCUT2D eigenvalue weighted by Crippen LogP contribution is -2.36. The first kappa shape index (κ1) is 19.1. The van der Waals surface area contributed by atoms with E-state index in [1.165, 1.54) is 19.1 Å². The molecule has 2 atom stereocenters. The van der Waals surface area contributed by atoms with Crippen molar-refractivity contribution in [3.63, 3.8) is 0 Å². The lowest BCUT2D eigenvalue weighted by Gasteiger charge is -2.15. The first-order chi connectivity index (χ1) is 12.4. The van der Waals surface area contributed by atoms with Crippen LogP contribution in [0.15, 0.2) is 54.6 Å². The zero-order valence-electron chi connectivity index (χ0n) is 14.0. The van der Waals surface area contributed by atoms with E-state index in [2.05, 4.69) is 0 Å². The molecule has 0 aromatic heterocycles. The van der Waals surface area contributed by atoms with Crippen LogP contribution >= 0.6 is 0 Å². The molecule has 2 aromatic carbocycles. The number of carbonyl (C=O) groups excluding carboxylic acids is 2. The molecule has 2 aromatic rings. The Bertz CT molecular complexity index is 776. The van der Waals surface area contributed by atoms with E-state index in [1.54, 1.807) is 42.5 Å². The normalized spacial score (nSPS) is 12.7. The van der Waals surface area contributed by atoms with Gasteiger partial charge in [-0.2, -0.15) is 0 Å². The van der Waals surface area contributed by atoms with Crippen molar-refractivity contribution in [2.24, 2.45) is 5.73 Å². The summed E-state index contributed by atoms with van der Waals surface area (Å²) in [4.78, 5) is 33.5. The maximum atomic E-state index is 12.1. The summed E-state index contributed by atoms with van der Waals surface area (Å²) in [5, 5.41) is 11.2. The van der Waals surface area contributed by atoms with E-state index in [-0.39, 0.29) is 12.0 Å². The smallest absolute Gasteiger partial charge is 0.382 e. The molecule has 8 heteroatoms. The minimum Gasteiger partial charge on any atom is -0.427 e. The van der Waals surface area contributed by atoms with Gasteiger partial charge in [0.25, 0.3) is 0 Å². The van der Waals surface area contributed by atoms with Crippen molar-refractivity contribution in [1.82, 2.24) is 0 Å². The average Bonchev–Trinajstić information content (AvgIpc) is 2.61. The monoisotopic (exact) mass is 358 g/mol. The Morgan fingerprint density at radius 2 is 1.73 bits per heavy atom. The minimum atomic E-state index is -1.61. The second-order valence-electron chi connectivity index (χ2n) is 5.53. The lowest BCUT2D eigenvalue weighted by atomic mass is 10.1. The number of carbonyl (C=O) groups is 2. The van der Waals surface area contributed by atoms with Crippen LogP contribution < -0.4 is 10.5 Å². The molecule has 1 unspecified atom stereocenters. The van der Waals surface area contributed by atoms with Gasteiger partial charge in [0.05, 0.1) is 10.5 Å². The Morgan fingerprint density at radius 3 is 2.27 bits per heavy atom. The SMILES string of the molecule is CC(=O)Oc1ccc(C[C@H](N)C(=O)OC(c2ccccc2)[N+](=O)[O-])cc1. The molecule has 0 amide bonds. The van der Waals surface area contributed by atoms with Crippen LogP contribution in [-0.2, 0) is 20.7 Å². The van der Waals surface area contributed by atoms with E-state index in [9.17, 15) is 19.7 Å². The summed E-state index contributed by atoms with van der Waals surface area (Å²) >= 11 is 0. The van der Waals surface area contributed by atoms with Crippen LogP contribution in [0.3, 0.4) is 0 Å². The van der Waals surface area contributed by atoms with Crippen molar-refractivity contribution in [3.8, 4) is 5.75 Å². The van der Waals surface area contributed by atoms with E-state index in [0.29, 0.717) is 11.3 Å². The molecule has 8 nitrogen and oxygen atoms in total. The highest BCUT2D eigenvalue weighted by Crippen LogP contribution is 2.19. The van der Waals surface area contributed by atoms with E-state index < -0.39 is 29.1 Å².